The van der Waals surface area contributed by atoms with E-state index in [2.05, 4.69) is 39.8 Å². The molecular weight excluding hydrogens is 232 g/mol. The van der Waals surface area contributed by atoms with Gasteiger partial charge >= 0.3 is 0 Å². The van der Waals surface area contributed by atoms with Gasteiger partial charge < -0.3 is 11.5 Å². The van der Waals surface area contributed by atoms with E-state index >= 15 is 0 Å². The summed E-state index contributed by atoms with van der Waals surface area (Å²) in [5, 5.41) is 0. The summed E-state index contributed by atoms with van der Waals surface area (Å²) in [6, 6.07) is 8.25. The van der Waals surface area contributed by atoms with Crippen LogP contribution in [-0.4, -0.2) is 0 Å². The summed E-state index contributed by atoms with van der Waals surface area (Å²) in [6.07, 6.45) is 0.930. The van der Waals surface area contributed by atoms with E-state index in [1.807, 2.05) is 12.1 Å². The molecule has 0 aromatic heterocycles. The lowest BCUT2D eigenvalue weighted by Gasteiger charge is -2.14. The van der Waals surface area contributed by atoms with Crippen molar-refractivity contribution in [2.45, 2.75) is 34.1 Å². The minimum atomic E-state index is 0.867. The van der Waals surface area contributed by atoms with Gasteiger partial charge in [-0.05, 0) is 79.6 Å². The maximum Gasteiger partial charge on any atom is 0.0346 e. The molecule has 2 aromatic rings. The van der Waals surface area contributed by atoms with Crippen molar-refractivity contribution in [3.05, 3.63) is 57.6 Å². The third-order valence-corrected chi connectivity index (χ3v) is 4.26. The van der Waals surface area contributed by atoms with Crippen LogP contribution < -0.4 is 11.5 Å². The third kappa shape index (κ3) is 2.43. The van der Waals surface area contributed by atoms with Gasteiger partial charge in [0.15, 0.2) is 0 Å². The van der Waals surface area contributed by atoms with Gasteiger partial charge in [-0.1, -0.05) is 12.1 Å². The van der Waals surface area contributed by atoms with Gasteiger partial charge in [0.25, 0.3) is 0 Å². The van der Waals surface area contributed by atoms with E-state index in [9.17, 15) is 0 Å². The number of anilines is 2. The van der Waals surface area contributed by atoms with Crippen molar-refractivity contribution >= 4 is 11.4 Å². The van der Waals surface area contributed by atoms with Gasteiger partial charge in [0.2, 0.25) is 0 Å². The van der Waals surface area contributed by atoms with Crippen LogP contribution in [0.25, 0.3) is 0 Å². The molecule has 19 heavy (non-hydrogen) atoms. The Bertz CT molecular complexity index is 572. The molecule has 0 spiro atoms. The van der Waals surface area contributed by atoms with E-state index in [4.69, 9.17) is 11.5 Å². The molecule has 4 N–H and O–H groups in total. The molecule has 0 saturated heterocycles. The van der Waals surface area contributed by atoms with Gasteiger partial charge in [0.1, 0.15) is 0 Å². The predicted octanol–water partition coefficient (Wildman–Crippen LogP) is 3.68. The average molecular weight is 254 g/mol. The Labute approximate surface area is 115 Å². The molecule has 0 saturated carbocycles. The number of benzene rings is 2. The fraction of sp³-hybridized carbons (Fsp3) is 0.294. The van der Waals surface area contributed by atoms with E-state index < -0.39 is 0 Å². The molecule has 2 rings (SSSR count). The van der Waals surface area contributed by atoms with E-state index in [1.54, 1.807) is 0 Å². The second-order valence-corrected chi connectivity index (χ2v) is 5.30. The van der Waals surface area contributed by atoms with E-state index in [0.717, 1.165) is 17.8 Å². The SMILES string of the molecule is Cc1c(N)ccc(Cc2ccc(N)c(C)c2C)c1C. The Morgan fingerprint density at radius 3 is 1.37 bits per heavy atom. The normalized spacial score (nSPS) is 10.7. The molecule has 0 unspecified atom stereocenters. The lowest BCUT2D eigenvalue weighted by Crippen LogP contribution is -2.01. The Morgan fingerprint density at radius 2 is 1.00 bits per heavy atom. The Hall–Kier alpha value is -1.96. The van der Waals surface area contributed by atoms with Crippen LogP contribution in [0.3, 0.4) is 0 Å². The lowest BCUT2D eigenvalue weighted by molar-refractivity contribution is 1.10. The van der Waals surface area contributed by atoms with Crippen LogP contribution in [0.1, 0.15) is 33.4 Å². The van der Waals surface area contributed by atoms with E-state index in [-0.39, 0.29) is 0 Å². The maximum atomic E-state index is 5.94. The van der Waals surface area contributed by atoms with Gasteiger partial charge in [0, 0.05) is 11.4 Å². The van der Waals surface area contributed by atoms with Crippen LogP contribution in [0.4, 0.5) is 11.4 Å². The van der Waals surface area contributed by atoms with Crippen LogP contribution in [0.15, 0.2) is 24.3 Å². The van der Waals surface area contributed by atoms with Gasteiger partial charge in [-0.15, -0.1) is 0 Å². The topological polar surface area (TPSA) is 52.0 Å². The van der Waals surface area contributed by atoms with Gasteiger partial charge in [-0.3, -0.25) is 0 Å². The number of nitrogens with two attached hydrogens (primary N) is 2. The summed E-state index contributed by atoms with van der Waals surface area (Å²) in [4.78, 5) is 0. The standard InChI is InChI=1S/C17H22N2/c1-10-12(3)16(18)7-5-14(10)9-15-6-8-17(19)13(4)11(15)2/h5-8H,9,18-19H2,1-4H3. The molecule has 0 radical (unpaired) electrons. The highest BCUT2D eigenvalue weighted by Crippen LogP contribution is 2.25. The Kier molecular flexibility index (Phi) is 3.52. The fourth-order valence-electron chi connectivity index (χ4n) is 2.38. The molecular formula is C17H22N2. The minimum absolute atomic E-state index is 0.867. The van der Waals surface area contributed by atoms with Crippen molar-refractivity contribution in [1.82, 2.24) is 0 Å². The van der Waals surface area contributed by atoms with Gasteiger partial charge in [-0.2, -0.15) is 0 Å². The van der Waals surface area contributed by atoms with Crippen molar-refractivity contribution in [2.75, 3.05) is 11.5 Å². The van der Waals surface area contributed by atoms with Crippen molar-refractivity contribution < 1.29 is 0 Å². The second kappa shape index (κ2) is 4.96. The summed E-state index contributed by atoms with van der Waals surface area (Å²) < 4.78 is 0. The first kappa shape index (κ1) is 13.5. The van der Waals surface area contributed by atoms with Crippen LogP contribution in [-0.2, 0) is 6.42 Å². The second-order valence-electron chi connectivity index (χ2n) is 5.30. The molecule has 0 aliphatic rings. The molecule has 0 atom stereocenters. The first-order valence-electron chi connectivity index (χ1n) is 6.61. The monoisotopic (exact) mass is 254 g/mol. The van der Waals surface area contributed by atoms with Gasteiger partial charge in [0.05, 0.1) is 0 Å². The maximum absolute atomic E-state index is 5.94. The third-order valence-electron chi connectivity index (χ3n) is 4.26. The lowest BCUT2D eigenvalue weighted by atomic mass is 9.92. The molecule has 2 heteroatoms. The zero-order valence-electron chi connectivity index (χ0n) is 12.2. The molecule has 0 bridgehead atoms. The largest absolute Gasteiger partial charge is 0.399 e. The predicted molar refractivity (Wildman–Crippen MR) is 83.5 cm³/mol. The average Bonchev–Trinajstić information content (AvgIpc) is 2.39. The smallest absolute Gasteiger partial charge is 0.0346 e. The molecule has 2 nitrogen and oxygen atoms in total. The van der Waals surface area contributed by atoms with E-state index in [0.29, 0.717) is 0 Å². The highest BCUT2D eigenvalue weighted by Gasteiger charge is 2.09. The first-order valence-corrected chi connectivity index (χ1v) is 6.61. The number of nitrogen functional groups attached to an aromatic ring is 2. The number of hydrogen-bond donors (Lipinski definition) is 2. The van der Waals surface area contributed by atoms with Crippen LogP contribution in [0, 0.1) is 27.7 Å². The van der Waals surface area contributed by atoms with Crippen molar-refractivity contribution in [1.29, 1.82) is 0 Å². The number of rotatable bonds is 2. The van der Waals surface area contributed by atoms with Crippen LogP contribution in [0.5, 0.6) is 0 Å². The summed E-state index contributed by atoms with van der Waals surface area (Å²) in [7, 11) is 0. The summed E-state index contributed by atoms with van der Waals surface area (Å²) in [5.74, 6) is 0. The van der Waals surface area contributed by atoms with Crippen molar-refractivity contribution in [3.8, 4) is 0 Å². The molecule has 0 fully saturated rings. The fourth-order valence-corrected chi connectivity index (χ4v) is 2.38. The van der Waals surface area contributed by atoms with Gasteiger partial charge in [-0.25, -0.2) is 0 Å². The first-order chi connectivity index (χ1) is 8.91. The Balaban J connectivity index is 2.43. The summed E-state index contributed by atoms with van der Waals surface area (Å²) in [5.41, 5.74) is 21.2. The zero-order chi connectivity index (χ0) is 14.2. The van der Waals surface area contributed by atoms with Crippen molar-refractivity contribution in [2.24, 2.45) is 0 Å². The molecule has 0 heterocycles. The molecule has 100 valence electrons. The highest BCUT2D eigenvalue weighted by molar-refractivity contribution is 5.56. The van der Waals surface area contributed by atoms with E-state index in [1.165, 1.54) is 33.4 Å². The van der Waals surface area contributed by atoms with Crippen LogP contribution in [0.2, 0.25) is 0 Å². The quantitative estimate of drug-likeness (QED) is 0.803. The Morgan fingerprint density at radius 1 is 0.632 bits per heavy atom. The molecule has 0 aliphatic carbocycles. The van der Waals surface area contributed by atoms with Crippen LogP contribution >= 0.6 is 0 Å². The molecule has 0 amide bonds. The summed E-state index contributed by atoms with van der Waals surface area (Å²) in [6.45, 7) is 8.44. The highest BCUT2D eigenvalue weighted by atomic mass is 14.6. The molecule has 0 aliphatic heterocycles. The number of hydrogen-bond acceptors (Lipinski definition) is 2. The van der Waals surface area contributed by atoms with Crippen molar-refractivity contribution in [3.63, 3.8) is 0 Å². The zero-order valence-corrected chi connectivity index (χ0v) is 12.2. The minimum Gasteiger partial charge on any atom is -0.399 e. The summed E-state index contributed by atoms with van der Waals surface area (Å²) >= 11 is 0. The molecule has 2 aromatic carbocycles.